The van der Waals surface area contributed by atoms with E-state index in [2.05, 4.69) is 53.9 Å². The molecule has 0 spiro atoms. The van der Waals surface area contributed by atoms with E-state index < -0.39 is 11.6 Å². The van der Waals surface area contributed by atoms with Crippen LogP contribution < -0.4 is 0 Å². The zero-order valence-electron chi connectivity index (χ0n) is 30.0. The quantitative estimate of drug-likeness (QED) is 0.0923. The number of nitrogens with zero attached hydrogens (tertiary/aromatic N) is 3. The van der Waals surface area contributed by atoms with Crippen molar-refractivity contribution in [3.63, 3.8) is 0 Å². The monoisotopic (exact) mass is 873 g/mol. The van der Waals surface area contributed by atoms with Crippen molar-refractivity contribution < 1.29 is 43.2 Å². The van der Waals surface area contributed by atoms with Gasteiger partial charge in [0.1, 0.15) is 11.3 Å². The Bertz CT molecular complexity index is 1700. The molecule has 0 saturated heterocycles. The SMILES string of the molecule is CC(C)(C)c1cc(-c2cc(-c3nc(CC(C)(C)C(F)(F)F)cs3)ncn2)[c-]c2ccccc12.CCC(CC)C(=O)/C=C(\O)C(CC)CC.[Ir]. The van der Waals surface area contributed by atoms with E-state index in [0.717, 1.165) is 42.0 Å². The topological polar surface area (TPSA) is 76.0 Å². The van der Waals surface area contributed by atoms with E-state index in [0.29, 0.717) is 22.1 Å². The van der Waals surface area contributed by atoms with Gasteiger partial charge in [-0.15, -0.1) is 40.5 Å². The Labute approximate surface area is 307 Å². The molecule has 0 unspecified atom stereocenters. The van der Waals surface area contributed by atoms with E-state index in [4.69, 9.17) is 0 Å². The van der Waals surface area contributed by atoms with Gasteiger partial charge in [-0.1, -0.05) is 91.5 Å². The molecule has 0 saturated carbocycles. The van der Waals surface area contributed by atoms with E-state index in [1.165, 1.54) is 43.2 Å². The van der Waals surface area contributed by atoms with E-state index in [-0.39, 0.29) is 55.3 Å². The largest absolute Gasteiger partial charge is 0.512 e. The number of carbonyl (C=O) groups excluding carboxylic acids is 1. The van der Waals surface area contributed by atoms with Crippen LogP contribution in [0, 0.1) is 23.3 Å². The van der Waals surface area contributed by atoms with Crippen molar-refractivity contribution in [1.82, 2.24) is 15.0 Å². The first-order valence-corrected chi connectivity index (χ1v) is 17.6. The fourth-order valence-corrected chi connectivity index (χ4v) is 6.23. The van der Waals surface area contributed by atoms with Gasteiger partial charge in [-0.2, -0.15) is 13.2 Å². The molecule has 0 amide bonds. The van der Waals surface area contributed by atoms with Crippen molar-refractivity contribution in [1.29, 1.82) is 0 Å². The first kappa shape index (κ1) is 42.2. The number of ketones is 1. The molecular weight excluding hydrogens is 824 g/mol. The van der Waals surface area contributed by atoms with E-state index in [1.54, 1.807) is 5.38 Å². The summed E-state index contributed by atoms with van der Waals surface area (Å²) in [6.07, 6.45) is 1.89. The molecule has 0 aliphatic carbocycles. The fraction of sp³-hybridized carbons (Fsp3) is 0.487. The number of aromatic nitrogens is 3. The molecule has 2 heterocycles. The summed E-state index contributed by atoms with van der Waals surface area (Å²) in [6.45, 7) is 17.0. The molecule has 4 rings (SSSR count). The fourth-order valence-electron chi connectivity index (χ4n) is 5.45. The van der Waals surface area contributed by atoms with Crippen LogP contribution >= 0.6 is 11.3 Å². The maximum absolute atomic E-state index is 13.3. The molecule has 4 aromatic rings. The van der Waals surface area contributed by atoms with Crippen LogP contribution in [-0.2, 0) is 36.7 Å². The number of hydrogen-bond donors (Lipinski definition) is 1. The maximum Gasteiger partial charge on any atom is 0.394 e. The number of allylic oxidation sites excluding steroid dienone is 2. The third kappa shape index (κ3) is 11.0. The summed E-state index contributed by atoms with van der Waals surface area (Å²) < 4.78 is 39.8. The minimum atomic E-state index is -4.30. The van der Waals surface area contributed by atoms with Crippen LogP contribution in [0.4, 0.5) is 13.2 Å². The molecule has 2 aromatic carbocycles. The van der Waals surface area contributed by atoms with Gasteiger partial charge >= 0.3 is 6.18 Å². The average Bonchev–Trinajstić information content (AvgIpc) is 3.49. The number of rotatable bonds is 11. The zero-order chi connectivity index (χ0) is 35.9. The summed E-state index contributed by atoms with van der Waals surface area (Å²) in [5.74, 6) is 0.547. The molecule has 1 N–H and O–H groups in total. The van der Waals surface area contributed by atoms with Gasteiger partial charge in [-0.05, 0) is 37.2 Å². The van der Waals surface area contributed by atoms with Crippen LogP contribution in [0.5, 0.6) is 0 Å². The Morgan fingerprint density at radius 1 is 0.918 bits per heavy atom. The third-order valence-electron chi connectivity index (χ3n) is 8.77. The van der Waals surface area contributed by atoms with Crippen molar-refractivity contribution in [3.05, 3.63) is 77.3 Å². The van der Waals surface area contributed by atoms with Crippen molar-refractivity contribution in [3.8, 4) is 22.0 Å². The predicted octanol–water partition coefficient (Wildman–Crippen LogP) is 11.5. The Kier molecular flexibility index (Phi) is 15.4. The second-order valence-electron chi connectivity index (χ2n) is 13.9. The Morgan fingerprint density at radius 3 is 2.08 bits per heavy atom. The number of benzene rings is 2. The van der Waals surface area contributed by atoms with Gasteiger partial charge in [-0.3, -0.25) is 9.78 Å². The predicted molar refractivity (Wildman–Crippen MR) is 191 cm³/mol. The number of hydrogen-bond acceptors (Lipinski definition) is 6. The first-order chi connectivity index (χ1) is 22.4. The van der Waals surface area contributed by atoms with Gasteiger partial charge in [0.15, 0.2) is 5.78 Å². The van der Waals surface area contributed by atoms with Crippen LogP contribution in [0.3, 0.4) is 0 Å². The molecule has 269 valence electrons. The molecule has 1 radical (unpaired) electrons. The van der Waals surface area contributed by atoms with Gasteiger partial charge in [0, 0.05) is 55.5 Å². The van der Waals surface area contributed by atoms with Gasteiger partial charge in [0.05, 0.1) is 22.6 Å². The molecule has 5 nitrogen and oxygen atoms in total. The van der Waals surface area contributed by atoms with Crippen molar-refractivity contribution in [2.45, 2.75) is 106 Å². The summed E-state index contributed by atoms with van der Waals surface area (Å²) in [6, 6.07) is 15.5. The second kappa shape index (κ2) is 17.8. The van der Waals surface area contributed by atoms with Gasteiger partial charge < -0.3 is 5.11 Å². The molecule has 0 fully saturated rings. The minimum absolute atomic E-state index is 0. The normalized spacial score (nSPS) is 12.6. The number of alkyl halides is 3. The summed E-state index contributed by atoms with van der Waals surface area (Å²) in [5, 5.41) is 14.2. The molecule has 0 bridgehead atoms. The van der Waals surface area contributed by atoms with E-state index >= 15 is 0 Å². The molecule has 49 heavy (non-hydrogen) atoms. The molecule has 0 atom stereocenters. The first-order valence-electron chi connectivity index (χ1n) is 16.7. The summed E-state index contributed by atoms with van der Waals surface area (Å²) in [4.78, 5) is 24.9. The Balaban J connectivity index is 0.000000444. The number of aliphatic hydroxyl groups is 1. The Morgan fingerprint density at radius 2 is 1.51 bits per heavy atom. The molecular formula is C39H49F3IrN3O2S-. The van der Waals surface area contributed by atoms with Gasteiger partial charge in [-0.25, -0.2) is 9.97 Å². The summed E-state index contributed by atoms with van der Waals surface area (Å²) in [5.41, 5.74) is 1.80. The van der Waals surface area contributed by atoms with E-state index in [1.807, 2.05) is 52.0 Å². The smallest absolute Gasteiger partial charge is 0.394 e. The molecule has 2 aromatic heterocycles. The number of thiazole rings is 1. The minimum Gasteiger partial charge on any atom is -0.512 e. The summed E-state index contributed by atoms with van der Waals surface area (Å²) >= 11 is 1.29. The second-order valence-corrected chi connectivity index (χ2v) is 14.7. The van der Waals surface area contributed by atoms with Crippen LogP contribution in [-0.4, -0.2) is 32.0 Å². The van der Waals surface area contributed by atoms with Gasteiger partial charge in [0.2, 0.25) is 0 Å². The number of halogens is 3. The Hall–Kier alpha value is -2.94. The van der Waals surface area contributed by atoms with Crippen LogP contribution in [0.2, 0.25) is 0 Å². The van der Waals surface area contributed by atoms with E-state index in [9.17, 15) is 23.1 Å². The molecule has 10 heteroatoms. The van der Waals surface area contributed by atoms with Crippen molar-refractivity contribution >= 4 is 27.9 Å². The third-order valence-corrected chi connectivity index (χ3v) is 9.68. The number of aliphatic hydroxyl groups excluding tert-OH is 1. The van der Waals surface area contributed by atoms with Crippen LogP contribution in [0.15, 0.2) is 59.9 Å². The average molecular weight is 873 g/mol. The van der Waals surface area contributed by atoms with Crippen molar-refractivity contribution in [2.24, 2.45) is 17.3 Å². The van der Waals surface area contributed by atoms with Crippen LogP contribution in [0.25, 0.3) is 32.7 Å². The van der Waals surface area contributed by atoms with Gasteiger partial charge in [0.25, 0.3) is 0 Å². The number of carbonyl (C=O) groups is 1. The van der Waals surface area contributed by atoms with Crippen molar-refractivity contribution in [2.75, 3.05) is 0 Å². The number of fused-ring (bicyclic) bond motifs is 1. The molecule has 0 aliphatic rings. The zero-order valence-corrected chi connectivity index (χ0v) is 33.2. The molecule has 0 aliphatic heterocycles. The maximum atomic E-state index is 13.3. The summed E-state index contributed by atoms with van der Waals surface area (Å²) in [7, 11) is 0. The standard InChI is InChI=1S/C26H25F3N3S.C13H24O2.Ir/c1-24(2,3)20-11-17(10-16-8-6-7-9-19(16)20)21-12-22(31-15-30-21)23-32-18(14-33-23)13-25(4,5)26(27,28)29;1-5-10(6-2)12(14)9-13(15)11(7-3)8-4;/h6-9,11-12,14-15H,13H2,1-5H3;9-11,14H,5-8H2,1-4H3;/q-1;;/b;12-9-;. The van der Waals surface area contributed by atoms with Crippen LogP contribution in [0.1, 0.15) is 99.3 Å².